The fraction of sp³-hybridized carbons (Fsp3) is 0.0909. The van der Waals surface area contributed by atoms with E-state index in [1.54, 1.807) is 0 Å². The molecule has 0 bridgehead atoms. The lowest BCUT2D eigenvalue weighted by atomic mass is 9.98. The Morgan fingerprint density at radius 1 is 0.195 bits per heavy atom. The molecule has 0 aliphatic rings. The molecule has 8 nitrogen and oxygen atoms in total. The van der Waals surface area contributed by atoms with Gasteiger partial charge in [-0.1, -0.05) is 167 Å². The van der Waals surface area contributed by atoms with Crippen LogP contribution < -0.4 is 19.6 Å². The van der Waals surface area contributed by atoms with E-state index in [-0.39, 0.29) is 0 Å². The summed E-state index contributed by atoms with van der Waals surface area (Å²) in [6, 6.07) is 124. The summed E-state index contributed by atoms with van der Waals surface area (Å²) < 4.78 is 27.4. The van der Waals surface area contributed by atoms with Crippen molar-refractivity contribution in [2.45, 2.75) is 67.2 Å². The van der Waals surface area contributed by atoms with Crippen LogP contribution in [0.25, 0.3) is 142 Å². The van der Waals surface area contributed by atoms with Crippen molar-refractivity contribution < 1.29 is 17.7 Å². The Hall–Kier alpha value is -14.6. The molecule has 4 heterocycles. The minimum Gasteiger partial charge on any atom is -0.456 e. The largest absolute Gasteiger partial charge is 0.456 e. The molecule has 8 heteroatoms. The highest BCUT2D eigenvalue weighted by molar-refractivity contribution is 6.30. The third kappa shape index (κ3) is 11.7. The maximum atomic E-state index is 6.90. The van der Waals surface area contributed by atoms with Crippen molar-refractivity contribution in [1.29, 1.82) is 0 Å². The zero-order valence-corrected chi connectivity index (χ0v) is 66.9. The van der Waals surface area contributed by atoms with E-state index in [1.807, 2.05) is 0 Å². The Morgan fingerprint density at radius 2 is 0.492 bits per heavy atom. The molecule has 0 saturated heterocycles. The summed E-state index contributed by atoms with van der Waals surface area (Å²) in [5.74, 6) is 0.830. The molecule has 0 N–H and O–H groups in total. The van der Waals surface area contributed by atoms with Gasteiger partial charge in [0.2, 0.25) is 0 Å². The lowest BCUT2D eigenvalue weighted by Gasteiger charge is -2.29. The summed E-state index contributed by atoms with van der Waals surface area (Å²) in [7, 11) is 0. The molecular weight excluding hydrogens is 1440 g/mol. The molecule has 0 atom stereocenters. The molecule has 0 spiro atoms. The molecule has 22 rings (SSSR count). The van der Waals surface area contributed by atoms with Crippen LogP contribution in [-0.2, 0) is 0 Å². The molecular formula is C110H82N4O4. The van der Waals surface area contributed by atoms with E-state index in [2.05, 4.69) is 415 Å². The number of nitrogens with zero attached hydrogens (tertiary/aromatic N) is 4. The number of aryl methyl sites for hydroxylation is 4. The number of para-hydroxylation sites is 4. The molecule has 18 aromatic carbocycles. The van der Waals surface area contributed by atoms with Crippen molar-refractivity contribution in [1.82, 2.24) is 0 Å². The number of hydrogen-bond acceptors (Lipinski definition) is 8. The normalized spacial score (nSPS) is 12.1. The molecule has 22 aromatic rings. The lowest BCUT2D eigenvalue weighted by molar-refractivity contribution is 0.663. The second-order valence-electron chi connectivity index (χ2n) is 32.6. The minimum atomic E-state index is 0.384. The van der Waals surface area contributed by atoms with Crippen LogP contribution in [-0.4, -0.2) is 0 Å². The fourth-order valence-electron chi connectivity index (χ4n) is 18.4. The molecule has 0 unspecified atom stereocenters. The number of furan rings is 4. The van der Waals surface area contributed by atoms with E-state index < -0.39 is 0 Å². The van der Waals surface area contributed by atoms with Crippen LogP contribution >= 0.6 is 0 Å². The van der Waals surface area contributed by atoms with Crippen molar-refractivity contribution in [2.24, 2.45) is 0 Å². The predicted octanol–water partition coefficient (Wildman–Crippen LogP) is 32.9. The van der Waals surface area contributed by atoms with E-state index >= 15 is 0 Å². The van der Waals surface area contributed by atoms with Crippen molar-refractivity contribution in [3.63, 3.8) is 0 Å². The van der Waals surface area contributed by atoms with E-state index in [0.29, 0.717) is 11.8 Å². The predicted molar refractivity (Wildman–Crippen MR) is 497 cm³/mol. The van der Waals surface area contributed by atoms with Gasteiger partial charge in [-0.25, -0.2) is 0 Å². The van der Waals surface area contributed by atoms with Crippen molar-refractivity contribution in [3.05, 3.63) is 373 Å². The highest BCUT2D eigenvalue weighted by atomic mass is 16.3. The smallest absolute Gasteiger partial charge is 0.136 e. The number of fused-ring (bicyclic) bond motifs is 18. The monoisotopic (exact) mass is 1520 g/mol. The van der Waals surface area contributed by atoms with Gasteiger partial charge in [-0.3, -0.25) is 0 Å². The Balaban J connectivity index is 0.589. The van der Waals surface area contributed by atoms with Crippen molar-refractivity contribution in [3.8, 4) is 11.1 Å². The Morgan fingerprint density at radius 3 is 0.847 bits per heavy atom. The molecule has 0 saturated carbocycles. The van der Waals surface area contributed by atoms with Gasteiger partial charge < -0.3 is 37.3 Å². The van der Waals surface area contributed by atoms with Gasteiger partial charge in [0.1, 0.15) is 44.7 Å². The number of anilines is 12. The SMILES string of the molecule is Cc1ccccc1N(c1ccc2cc3c(cc2c1)oc1ccc2oc4cc5cc(N(c6ccccc6C)c6ccc(-c7cccc(N(c8ccc(C(C)C)cc8)c8ccc9cc%10c(cc9c8)oc8ccc9oc%11cc%12cc(N(c%13ccccc%13)c%13ccc(C(C)C)cc%13)ccc%12cc%11c9c8%10)c7)cc6C)ccc5cc4c2c13)c1ccccc1C. The molecule has 0 aliphatic carbocycles. The van der Waals surface area contributed by atoms with Gasteiger partial charge in [-0.15, -0.1) is 0 Å². The second-order valence-corrected chi connectivity index (χ2v) is 32.6. The summed E-state index contributed by atoms with van der Waals surface area (Å²) in [5, 5.41) is 17.3. The summed E-state index contributed by atoms with van der Waals surface area (Å²) >= 11 is 0. The maximum Gasteiger partial charge on any atom is 0.136 e. The minimum absolute atomic E-state index is 0.384. The van der Waals surface area contributed by atoms with Crippen LogP contribution in [0.3, 0.4) is 0 Å². The number of benzene rings is 18. The average Bonchev–Trinajstić information content (AvgIpc) is 1.56. The third-order valence-electron chi connectivity index (χ3n) is 24.5. The molecule has 0 aliphatic heterocycles. The van der Waals surface area contributed by atoms with Crippen LogP contribution in [0.1, 0.15) is 72.9 Å². The Labute approximate surface area is 683 Å². The first-order valence-electron chi connectivity index (χ1n) is 40.9. The first-order valence-corrected chi connectivity index (χ1v) is 40.9. The summed E-state index contributed by atoms with van der Waals surface area (Å²) in [4.78, 5) is 9.50. The first kappa shape index (κ1) is 70.1. The van der Waals surface area contributed by atoms with Gasteiger partial charge in [0, 0.05) is 111 Å². The van der Waals surface area contributed by atoms with Crippen LogP contribution in [0.2, 0.25) is 0 Å². The van der Waals surface area contributed by atoms with Gasteiger partial charge >= 0.3 is 0 Å². The highest BCUT2D eigenvalue weighted by Crippen LogP contribution is 2.50. The van der Waals surface area contributed by atoms with Crippen LogP contribution in [0.5, 0.6) is 0 Å². The zero-order valence-electron chi connectivity index (χ0n) is 66.9. The third-order valence-corrected chi connectivity index (χ3v) is 24.5. The molecule has 0 amide bonds. The Bertz CT molecular complexity index is 7790. The topological polar surface area (TPSA) is 65.5 Å². The van der Waals surface area contributed by atoms with Gasteiger partial charge in [0.25, 0.3) is 0 Å². The van der Waals surface area contributed by atoms with Gasteiger partial charge in [0.05, 0.1) is 0 Å². The molecule has 0 fully saturated rings. The maximum absolute atomic E-state index is 6.90. The molecule has 4 aromatic heterocycles. The molecule has 118 heavy (non-hydrogen) atoms. The number of rotatable bonds is 15. The lowest BCUT2D eigenvalue weighted by Crippen LogP contribution is -2.12. The quantitative estimate of drug-likeness (QED) is 0.101. The summed E-state index contributed by atoms with van der Waals surface area (Å²) in [5.41, 5.74) is 29.3. The average molecular weight is 1520 g/mol. The second kappa shape index (κ2) is 27.6. The van der Waals surface area contributed by atoms with E-state index in [4.69, 9.17) is 17.7 Å². The van der Waals surface area contributed by atoms with E-state index in [0.717, 1.165) is 216 Å². The van der Waals surface area contributed by atoms with Crippen LogP contribution in [0.15, 0.2) is 357 Å². The molecule has 0 radical (unpaired) electrons. The standard InChI is InChI=1S/C110H82N4O4/c1-65(2)71-29-38-84(39-30-71)111(83-23-10-9-11-24-83)87-42-33-75-57-91-103(61-79(75)53-87)115-99-47-48-100-108(107(91)99)92-58-76-34-43-88(54-80(76)62-104(92)116-100)112(85-40-31-72(32-41-85)66(3)4)86-25-18-22-73(52-86)74-37-46-98(70(8)51-74)114(97-28-17-14-21-69(97)7)90-45-36-78-60-94-106(64-82(78)56-90)118-102-50-49-101-109(110(94)102)93-59-77-35-44-89(55-81(77)63-105(93)117-101)113(95-26-15-12-19-67(95)5)96-27-16-13-20-68(96)6/h9-66H,1-8H3. The van der Waals surface area contributed by atoms with Crippen LogP contribution in [0.4, 0.5) is 68.2 Å². The summed E-state index contributed by atoms with van der Waals surface area (Å²) in [6.07, 6.45) is 0. The van der Waals surface area contributed by atoms with E-state index in [9.17, 15) is 0 Å². The van der Waals surface area contributed by atoms with Crippen molar-refractivity contribution >= 4 is 199 Å². The van der Waals surface area contributed by atoms with Gasteiger partial charge in [-0.2, -0.15) is 0 Å². The first-order chi connectivity index (χ1) is 57.7. The fourth-order valence-corrected chi connectivity index (χ4v) is 18.4. The van der Waals surface area contributed by atoms with E-state index in [1.165, 1.54) is 27.8 Å². The van der Waals surface area contributed by atoms with Gasteiger partial charge in [0.15, 0.2) is 0 Å². The Kier molecular flexibility index (Phi) is 16.4. The van der Waals surface area contributed by atoms with Crippen LogP contribution in [0, 0.1) is 27.7 Å². The summed E-state index contributed by atoms with van der Waals surface area (Å²) in [6.45, 7) is 17.8. The van der Waals surface area contributed by atoms with Crippen molar-refractivity contribution in [2.75, 3.05) is 19.6 Å². The van der Waals surface area contributed by atoms with Gasteiger partial charge in [-0.05, 0) is 327 Å². The number of hydrogen-bond donors (Lipinski definition) is 0. The zero-order chi connectivity index (χ0) is 79.3. The highest BCUT2D eigenvalue weighted by Gasteiger charge is 2.26. The molecule has 566 valence electrons.